The van der Waals surface area contributed by atoms with Gasteiger partial charge in [-0.25, -0.2) is 4.79 Å². The Balaban J connectivity index is 1.64. The third-order valence-electron chi connectivity index (χ3n) is 5.42. The van der Waals surface area contributed by atoms with E-state index in [0.717, 1.165) is 28.6 Å². The molecule has 0 bridgehead atoms. The number of nitrogens with one attached hydrogen (secondary N) is 2. The Labute approximate surface area is 174 Å². The fourth-order valence-corrected chi connectivity index (χ4v) is 4.17. The number of urea groups is 1. The summed E-state index contributed by atoms with van der Waals surface area (Å²) in [5.74, 6) is -1.55. The van der Waals surface area contributed by atoms with Gasteiger partial charge in [0.05, 0.1) is 0 Å². The molecule has 8 nitrogen and oxygen atoms in total. The van der Waals surface area contributed by atoms with Gasteiger partial charge in [-0.05, 0) is 25.8 Å². The second-order valence-corrected chi connectivity index (χ2v) is 7.66. The predicted octanol–water partition coefficient (Wildman–Crippen LogP) is 3.09. The molecule has 1 aliphatic heterocycles. The monoisotopic (exact) mass is 413 g/mol. The number of imide groups is 1. The Bertz CT molecular complexity index is 988. The lowest BCUT2D eigenvalue weighted by Crippen LogP contribution is -2.47. The fraction of sp³-hybridized carbons (Fsp3) is 0.455. The standard InChI is InChI=1S/C22H27N3O5/c1-4-10-22(11-5-2)20(28)25(21(29)24-22)12-18(27)30-13-17(26)19-14(3)23-16-9-7-6-8-15(16)19/h6-9,23H,4-5,10-13H2,1-3H3,(H,24,29). The SMILES string of the molecule is CCCC1(CCC)NC(=O)N(CC(=O)OCC(=O)c2c(C)[nH]c3ccccc23)C1=O. The Morgan fingerprint density at radius 3 is 2.43 bits per heavy atom. The zero-order valence-corrected chi connectivity index (χ0v) is 17.5. The van der Waals surface area contributed by atoms with Gasteiger partial charge in [-0.1, -0.05) is 44.9 Å². The van der Waals surface area contributed by atoms with Crippen molar-refractivity contribution in [2.45, 2.75) is 52.0 Å². The van der Waals surface area contributed by atoms with Crippen LogP contribution in [-0.4, -0.2) is 52.3 Å². The maximum absolute atomic E-state index is 12.8. The molecule has 2 N–H and O–H groups in total. The molecular weight excluding hydrogens is 386 g/mol. The first-order valence-corrected chi connectivity index (χ1v) is 10.2. The first kappa shape index (κ1) is 21.5. The van der Waals surface area contributed by atoms with E-state index in [1.807, 2.05) is 38.1 Å². The van der Waals surface area contributed by atoms with Crippen LogP contribution in [0.2, 0.25) is 0 Å². The minimum atomic E-state index is -0.960. The summed E-state index contributed by atoms with van der Waals surface area (Å²) in [6.07, 6.45) is 2.47. The van der Waals surface area contributed by atoms with Gasteiger partial charge in [0.15, 0.2) is 6.61 Å². The number of benzene rings is 1. The third-order valence-corrected chi connectivity index (χ3v) is 5.42. The van der Waals surface area contributed by atoms with E-state index in [-0.39, 0.29) is 5.78 Å². The van der Waals surface area contributed by atoms with Gasteiger partial charge >= 0.3 is 12.0 Å². The largest absolute Gasteiger partial charge is 0.456 e. The molecule has 0 unspecified atom stereocenters. The summed E-state index contributed by atoms with van der Waals surface area (Å²) in [5.41, 5.74) is 1.03. The molecule has 1 aromatic heterocycles. The highest BCUT2D eigenvalue weighted by Gasteiger charge is 2.50. The summed E-state index contributed by atoms with van der Waals surface area (Å²) >= 11 is 0. The molecule has 2 aromatic rings. The Morgan fingerprint density at radius 2 is 1.77 bits per heavy atom. The molecule has 1 aliphatic rings. The highest BCUT2D eigenvalue weighted by molar-refractivity contribution is 6.11. The number of ether oxygens (including phenoxy) is 1. The van der Waals surface area contributed by atoms with E-state index in [9.17, 15) is 19.2 Å². The van der Waals surface area contributed by atoms with Crippen molar-refractivity contribution >= 4 is 34.6 Å². The highest BCUT2D eigenvalue weighted by Crippen LogP contribution is 2.28. The molecule has 0 radical (unpaired) electrons. The van der Waals surface area contributed by atoms with Gasteiger partial charge in [0, 0.05) is 22.2 Å². The number of esters is 1. The van der Waals surface area contributed by atoms with Crippen LogP contribution in [0, 0.1) is 6.92 Å². The zero-order chi connectivity index (χ0) is 21.9. The van der Waals surface area contributed by atoms with Gasteiger partial charge in [-0.2, -0.15) is 0 Å². The average Bonchev–Trinajstić information content (AvgIpc) is 3.15. The zero-order valence-electron chi connectivity index (χ0n) is 17.5. The van der Waals surface area contributed by atoms with Crippen LogP contribution in [0.1, 0.15) is 55.6 Å². The first-order chi connectivity index (χ1) is 14.3. The average molecular weight is 413 g/mol. The van der Waals surface area contributed by atoms with E-state index >= 15 is 0 Å². The number of aromatic nitrogens is 1. The second kappa shape index (κ2) is 8.69. The number of fused-ring (bicyclic) bond motifs is 1. The molecule has 1 saturated heterocycles. The van der Waals surface area contributed by atoms with Gasteiger partial charge < -0.3 is 15.0 Å². The molecular formula is C22H27N3O5. The number of H-pyrrole nitrogens is 1. The molecule has 8 heteroatoms. The van der Waals surface area contributed by atoms with Crippen LogP contribution in [0.3, 0.4) is 0 Å². The number of hydrogen-bond acceptors (Lipinski definition) is 5. The van der Waals surface area contributed by atoms with Crippen molar-refractivity contribution in [3.05, 3.63) is 35.5 Å². The van der Waals surface area contributed by atoms with Gasteiger partial charge in [-0.15, -0.1) is 0 Å². The van der Waals surface area contributed by atoms with Gasteiger partial charge in [0.25, 0.3) is 5.91 Å². The lowest BCUT2D eigenvalue weighted by Gasteiger charge is -2.25. The fourth-order valence-electron chi connectivity index (χ4n) is 4.17. The summed E-state index contributed by atoms with van der Waals surface area (Å²) in [6.45, 7) is 4.68. The maximum Gasteiger partial charge on any atom is 0.326 e. The second-order valence-electron chi connectivity index (χ2n) is 7.66. The first-order valence-electron chi connectivity index (χ1n) is 10.2. The Hall–Kier alpha value is -3.16. The Morgan fingerprint density at radius 1 is 1.10 bits per heavy atom. The number of hydrogen-bond donors (Lipinski definition) is 2. The van der Waals surface area contributed by atoms with E-state index in [2.05, 4.69) is 10.3 Å². The predicted molar refractivity (Wildman–Crippen MR) is 111 cm³/mol. The molecule has 0 atom stereocenters. The number of carbonyl (C=O) groups excluding carboxylic acids is 4. The Kier molecular flexibility index (Phi) is 6.24. The van der Waals surface area contributed by atoms with E-state index < -0.39 is 36.6 Å². The number of nitrogens with zero attached hydrogens (tertiary/aromatic N) is 1. The lowest BCUT2D eigenvalue weighted by molar-refractivity contribution is -0.147. The molecule has 1 aromatic carbocycles. The molecule has 0 spiro atoms. The number of aryl methyl sites for hydroxylation is 1. The smallest absolute Gasteiger partial charge is 0.326 e. The third kappa shape index (κ3) is 3.94. The van der Waals surface area contributed by atoms with Crippen LogP contribution >= 0.6 is 0 Å². The topological polar surface area (TPSA) is 109 Å². The van der Waals surface area contributed by atoms with Crippen LogP contribution in [0.5, 0.6) is 0 Å². The summed E-state index contributed by atoms with van der Waals surface area (Å²) in [4.78, 5) is 54.1. The molecule has 3 amide bonds. The molecule has 1 fully saturated rings. The van der Waals surface area contributed by atoms with Crippen molar-refractivity contribution in [2.75, 3.05) is 13.2 Å². The van der Waals surface area contributed by atoms with E-state index in [4.69, 9.17) is 4.74 Å². The van der Waals surface area contributed by atoms with Crippen LogP contribution in [0.25, 0.3) is 10.9 Å². The van der Waals surface area contributed by atoms with Crippen molar-refractivity contribution in [1.29, 1.82) is 0 Å². The maximum atomic E-state index is 12.8. The van der Waals surface area contributed by atoms with Crippen molar-refractivity contribution in [3.8, 4) is 0 Å². The minimum Gasteiger partial charge on any atom is -0.456 e. The lowest BCUT2D eigenvalue weighted by atomic mass is 9.88. The number of rotatable bonds is 9. The van der Waals surface area contributed by atoms with Crippen molar-refractivity contribution < 1.29 is 23.9 Å². The summed E-state index contributed by atoms with van der Waals surface area (Å²) < 4.78 is 5.10. The van der Waals surface area contributed by atoms with Crippen LogP contribution in [-0.2, 0) is 14.3 Å². The number of amides is 3. The molecule has 0 aliphatic carbocycles. The van der Waals surface area contributed by atoms with E-state index in [1.54, 1.807) is 6.92 Å². The van der Waals surface area contributed by atoms with Crippen molar-refractivity contribution in [3.63, 3.8) is 0 Å². The molecule has 30 heavy (non-hydrogen) atoms. The van der Waals surface area contributed by atoms with Crippen LogP contribution < -0.4 is 5.32 Å². The van der Waals surface area contributed by atoms with Crippen molar-refractivity contribution in [2.24, 2.45) is 0 Å². The summed E-state index contributed by atoms with van der Waals surface area (Å²) in [6, 6.07) is 6.78. The van der Waals surface area contributed by atoms with Gasteiger partial charge in [-0.3, -0.25) is 19.3 Å². The molecule has 0 saturated carbocycles. The minimum absolute atomic E-state index is 0.346. The quantitative estimate of drug-likeness (QED) is 0.373. The van der Waals surface area contributed by atoms with Gasteiger partial charge in [0.2, 0.25) is 5.78 Å². The van der Waals surface area contributed by atoms with Gasteiger partial charge in [0.1, 0.15) is 12.1 Å². The summed E-state index contributed by atoms with van der Waals surface area (Å²) in [7, 11) is 0. The van der Waals surface area contributed by atoms with Crippen LogP contribution in [0.4, 0.5) is 4.79 Å². The van der Waals surface area contributed by atoms with E-state index in [1.165, 1.54) is 0 Å². The number of carbonyl (C=O) groups is 4. The number of aromatic amines is 1. The summed E-state index contributed by atoms with van der Waals surface area (Å²) in [5, 5.41) is 3.51. The molecule has 2 heterocycles. The van der Waals surface area contributed by atoms with E-state index in [0.29, 0.717) is 24.1 Å². The van der Waals surface area contributed by atoms with Crippen molar-refractivity contribution in [1.82, 2.24) is 15.2 Å². The number of para-hydroxylation sites is 1. The molecule has 160 valence electrons. The highest BCUT2D eigenvalue weighted by atomic mass is 16.5. The molecule has 3 rings (SSSR count). The van der Waals surface area contributed by atoms with Crippen LogP contribution in [0.15, 0.2) is 24.3 Å². The number of ketones is 1. The normalized spacial score (nSPS) is 15.5. The number of Topliss-reactive ketones (excluding diaryl/α,β-unsaturated/α-hetero) is 1.